The molecule has 0 spiro atoms. The van der Waals surface area contributed by atoms with Gasteiger partial charge in [-0.15, -0.1) is 10.2 Å². The van der Waals surface area contributed by atoms with E-state index in [1.165, 1.54) is 17.3 Å². The fourth-order valence-electron chi connectivity index (χ4n) is 3.29. The Morgan fingerprint density at radius 1 is 1.17 bits per heavy atom. The number of ketones is 1. The van der Waals surface area contributed by atoms with Gasteiger partial charge in [0.05, 0.1) is 23.1 Å². The SMILES string of the molecule is CCOC(=O)c1c(C)[nH]c(C(=O)C(C)Sc2nnc(-c3ccc(C)cc3)n2C)c1C. The smallest absolute Gasteiger partial charge is 0.340 e. The third-order valence-corrected chi connectivity index (χ3v) is 6.09. The number of carbonyl (C=O) groups excluding carboxylic acids is 2. The largest absolute Gasteiger partial charge is 0.462 e. The van der Waals surface area contributed by atoms with E-state index in [2.05, 4.69) is 15.2 Å². The first kappa shape index (κ1) is 21.8. The molecule has 0 aliphatic carbocycles. The average Bonchev–Trinajstić information content (AvgIpc) is 3.21. The highest BCUT2D eigenvalue weighted by Gasteiger charge is 2.27. The molecular formula is C22H26N4O3S. The quantitative estimate of drug-likeness (QED) is 0.345. The van der Waals surface area contributed by atoms with Crippen LogP contribution in [0.1, 0.15) is 51.5 Å². The summed E-state index contributed by atoms with van der Waals surface area (Å²) >= 11 is 1.34. The molecule has 1 aromatic carbocycles. The van der Waals surface area contributed by atoms with Crippen LogP contribution in [0, 0.1) is 20.8 Å². The van der Waals surface area contributed by atoms with Crippen LogP contribution in [0.3, 0.4) is 0 Å². The summed E-state index contributed by atoms with van der Waals surface area (Å²) in [5.74, 6) is 0.226. The number of rotatable bonds is 7. The maximum absolute atomic E-state index is 13.1. The summed E-state index contributed by atoms with van der Waals surface area (Å²) in [6.45, 7) is 9.43. The number of carbonyl (C=O) groups is 2. The lowest BCUT2D eigenvalue weighted by molar-refractivity contribution is 0.0525. The first-order chi connectivity index (χ1) is 14.2. The standard InChI is InChI=1S/C22H26N4O3S/c1-7-29-21(28)17-13(3)18(23-14(17)4)19(27)15(5)30-22-25-24-20(26(22)6)16-10-8-12(2)9-11-16/h8-11,15,23H,7H2,1-6H3. The number of aromatic amines is 1. The van der Waals surface area contributed by atoms with Crippen LogP contribution >= 0.6 is 11.8 Å². The molecule has 2 aromatic heterocycles. The summed E-state index contributed by atoms with van der Waals surface area (Å²) in [5, 5.41) is 8.80. The van der Waals surface area contributed by atoms with Crippen LogP contribution in [0.15, 0.2) is 29.4 Å². The van der Waals surface area contributed by atoms with Crippen molar-refractivity contribution in [1.29, 1.82) is 0 Å². The number of H-pyrrole nitrogens is 1. The molecule has 3 rings (SSSR count). The number of Topliss-reactive ketones (excluding diaryl/α,β-unsaturated/α-hetero) is 1. The minimum atomic E-state index is -0.417. The van der Waals surface area contributed by atoms with Crippen molar-refractivity contribution >= 4 is 23.5 Å². The number of aromatic nitrogens is 4. The van der Waals surface area contributed by atoms with Gasteiger partial charge in [-0.1, -0.05) is 41.6 Å². The van der Waals surface area contributed by atoms with Crippen LogP contribution in [-0.2, 0) is 11.8 Å². The fraction of sp³-hybridized carbons (Fsp3) is 0.364. The van der Waals surface area contributed by atoms with Gasteiger partial charge in [-0.2, -0.15) is 0 Å². The van der Waals surface area contributed by atoms with Crippen LogP contribution in [0.2, 0.25) is 0 Å². The van der Waals surface area contributed by atoms with Crippen LogP contribution in [0.4, 0.5) is 0 Å². The topological polar surface area (TPSA) is 89.9 Å². The lowest BCUT2D eigenvalue weighted by Crippen LogP contribution is -2.16. The zero-order valence-corrected chi connectivity index (χ0v) is 18.9. The van der Waals surface area contributed by atoms with E-state index in [9.17, 15) is 9.59 Å². The second kappa shape index (κ2) is 8.87. The molecule has 0 aliphatic rings. The summed E-state index contributed by atoms with van der Waals surface area (Å²) < 4.78 is 6.99. The molecule has 0 saturated heterocycles. The monoisotopic (exact) mass is 426 g/mol. The van der Waals surface area contributed by atoms with Crippen molar-refractivity contribution in [3.05, 3.63) is 52.3 Å². The normalized spacial score (nSPS) is 12.1. The van der Waals surface area contributed by atoms with Gasteiger partial charge < -0.3 is 14.3 Å². The number of aryl methyl sites for hydroxylation is 2. The third kappa shape index (κ3) is 4.18. The van der Waals surface area contributed by atoms with Gasteiger partial charge in [0.15, 0.2) is 16.8 Å². The van der Waals surface area contributed by atoms with Crippen molar-refractivity contribution in [3.63, 3.8) is 0 Å². The maximum atomic E-state index is 13.1. The second-order valence-corrected chi connectivity index (χ2v) is 8.51. The molecule has 158 valence electrons. The molecule has 1 atom stereocenters. The predicted octanol–water partition coefficient (Wildman–Crippen LogP) is 4.28. The number of esters is 1. The highest BCUT2D eigenvalue weighted by Crippen LogP contribution is 2.29. The van der Waals surface area contributed by atoms with Crippen molar-refractivity contribution in [2.24, 2.45) is 7.05 Å². The zero-order valence-electron chi connectivity index (χ0n) is 18.1. The summed E-state index contributed by atoms with van der Waals surface area (Å²) in [7, 11) is 1.89. The van der Waals surface area contributed by atoms with Gasteiger partial charge in [-0.05, 0) is 40.2 Å². The summed E-state index contributed by atoms with van der Waals surface area (Å²) in [6.07, 6.45) is 0. The van der Waals surface area contributed by atoms with Crippen molar-refractivity contribution in [1.82, 2.24) is 19.7 Å². The molecule has 0 aliphatic heterocycles. The Morgan fingerprint density at radius 3 is 2.47 bits per heavy atom. The third-order valence-electron chi connectivity index (χ3n) is 4.96. The Kier molecular flexibility index (Phi) is 6.45. The van der Waals surface area contributed by atoms with Crippen molar-refractivity contribution in [3.8, 4) is 11.4 Å². The Balaban J connectivity index is 1.81. The molecule has 0 amide bonds. The van der Waals surface area contributed by atoms with Gasteiger partial charge in [0.25, 0.3) is 0 Å². The van der Waals surface area contributed by atoms with E-state index >= 15 is 0 Å². The van der Waals surface area contributed by atoms with Gasteiger partial charge >= 0.3 is 5.97 Å². The van der Waals surface area contributed by atoms with E-state index in [1.54, 1.807) is 20.8 Å². The first-order valence-corrected chi connectivity index (χ1v) is 10.7. The highest BCUT2D eigenvalue weighted by molar-refractivity contribution is 8.00. The molecule has 30 heavy (non-hydrogen) atoms. The van der Waals surface area contributed by atoms with E-state index < -0.39 is 11.2 Å². The minimum absolute atomic E-state index is 0.101. The van der Waals surface area contributed by atoms with Crippen molar-refractivity contribution in [2.75, 3.05) is 6.61 Å². The first-order valence-electron chi connectivity index (χ1n) is 9.78. The van der Waals surface area contributed by atoms with Gasteiger partial charge in [0.2, 0.25) is 0 Å². The molecular weight excluding hydrogens is 400 g/mol. The van der Waals surface area contributed by atoms with Crippen molar-refractivity contribution in [2.45, 2.75) is 45.0 Å². The van der Waals surface area contributed by atoms with Crippen LogP contribution in [-0.4, -0.2) is 43.4 Å². The molecule has 0 saturated carbocycles. The Bertz CT molecular complexity index is 1080. The van der Waals surface area contributed by atoms with Gasteiger partial charge in [0, 0.05) is 18.3 Å². The number of nitrogens with one attached hydrogen (secondary N) is 1. The number of benzene rings is 1. The number of hydrogen-bond acceptors (Lipinski definition) is 6. The van der Waals surface area contributed by atoms with Crippen LogP contribution in [0.25, 0.3) is 11.4 Å². The molecule has 3 aromatic rings. The molecule has 0 bridgehead atoms. The Hall–Kier alpha value is -2.87. The minimum Gasteiger partial charge on any atom is -0.462 e. The van der Waals surface area contributed by atoms with Gasteiger partial charge in [-0.3, -0.25) is 4.79 Å². The molecule has 7 nitrogen and oxygen atoms in total. The molecule has 0 fully saturated rings. The average molecular weight is 427 g/mol. The summed E-state index contributed by atoms with van der Waals surface area (Å²) in [5.41, 5.74) is 4.24. The summed E-state index contributed by atoms with van der Waals surface area (Å²) in [6, 6.07) is 8.07. The van der Waals surface area contributed by atoms with E-state index in [4.69, 9.17) is 4.74 Å². The number of ether oxygens (including phenoxy) is 1. The predicted molar refractivity (Wildman–Crippen MR) is 117 cm³/mol. The van der Waals surface area contributed by atoms with Crippen LogP contribution < -0.4 is 0 Å². The van der Waals surface area contributed by atoms with E-state index in [1.807, 2.05) is 49.7 Å². The van der Waals surface area contributed by atoms with Gasteiger partial charge in [0.1, 0.15) is 0 Å². The molecule has 2 heterocycles. The molecule has 1 unspecified atom stereocenters. The van der Waals surface area contributed by atoms with Crippen molar-refractivity contribution < 1.29 is 14.3 Å². The number of nitrogens with zero attached hydrogens (tertiary/aromatic N) is 3. The maximum Gasteiger partial charge on any atom is 0.340 e. The lowest BCUT2D eigenvalue weighted by atomic mass is 10.1. The Labute approximate surface area is 180 Å². The van der Waals surface area contributed by atoms with Gasteiger partial charge in [-0.25, -0.2) is 4.79 Å². The fourth-order valence-corrected chi connectivity index (χ4v) is 4.17. The molecule has 8 heteroatoms. The molecule has 1 N–H and O–H groups in total. The summed E-state index contributed by atoms with van der Waals surface area (Å²) in [4.78, 5) is 28.3. The zero-order chi connectivity index (χ0) is 22.0. The van der Waals surface area contributed by atoms with Crippen LogP contribution in [0.5, 0.6) is 0 Å². The number of hydrogen-bond donors (Lipinski definition) is 1. The molecule has 0 radical (unpaired) electrons. The van der Waals surface area contributed by atoms with E-state index in [0.29, 0.717) is 27.7 Å². The van der Waals surface area contributed by atoms with E-state index in [0.717, 1.165) is 11.4 Å². The Morgan fingerprint density at radius 2 is 1.83 bits per heavy atom. The number of thioether (sulfide) groups is 1. The lowest BCUT2D eigenvalue weighted by Gasteiger charge is -2.10. The second-order valence-electron chi connectivity index (χ2n) is 7.20. The van der Waals surface area contributed by atoms with E-state index in [-0.39, 0.29) is 12.4 Å². The highest BCUT2D eigenvalue weighted by atomic mass is 32.2.